The molecule has 2 saturated carbocycles. The number of fused-ring (bicyclic) bond motifs is 3. The van der Waals surface area contributed by atoms with E-state index in [-0.39, 0.29) is 71.1 Å². The molecule has 2 aromatic heterocycles. The van der Waals surface area contributed by atoms with Gasteiger partial charge in [-0.2, -0.15) is 23.1 Å². The molecule has 9 nitrogen and oxygen atoms in total. The Bertz CT molecular complexity index is 2160. The highest BCUT2D eigenvalue weighted by molar-refractivity contribution is 6.01. The molecule has 9 rings (SSSR count). The minimum Gasteiger partial charge on any atom is -0.508 e. The van der Waals surface area contributed by atoms with Crippen LogP contribution in [-0.4, -0.2) is 93.4 Å². The number of benzene rings is 2. The lowest BCUT2D eigenvalue weighted by Gasteiger charge is -2.58. The van der Waals surface area contributed by atoms with Crippen molar-refractivity contribution in [3.63, 3.8) is 0 Å². The van der Waals surface area contributed by atoms with Crippen LogP contribution in [0.1, 0.15) is 97.0 Å². The van der Waals surface area contributed by atoms with E-state index in [1.807, 2.05) is 13.8 Å². The number of aryl methyl sites for hydroxylation is 1. The molecule has 58 heavy (non-hydrogen) atoms. The van der Waals surface area contributed by atoms with Crippen LogP contribution in [-0.2, 0) is 11.2 Å². The smallest absolute Gasteiger partial charge is 0.418 e. The first-order valence-electron chi connectivity index (χ1n) is 21.1. The Morgan fingerprint density at radius 3 is 2.45 bits per heavy atom. The highest BCUT2D eigenvalue weighted by Gasteiger charge is 2.57. The van der Waals surface area contributed by atoms with Crippen LogP contribution in [0.5, 0.6) is 11.8 Å². The molecule has 4 aromatic rings. The lowest BCUT2D eigenvalue weighted by atomic mass is 9.60. The highest BCUT2D eigenvalue weighted by atomic mass is 19.4. The van der Waals surface area contributed by atoms with Crippen LogP contribution in [0.3, 0.4) is 0 Å². The number of alkyl halides is 3. The molecule has 3 unspecified atom stereocenters. The number of aromatic hydroxyl groups is 1. The zero-order chi connectivity index (χ0) is 41.0. The third-order valence-corrected chi connectivity index (χ3v) is 13.9. The van der Waals surface area contributed by atoms with Crippen molar-refractivity contribution >= 4 is 27.5 Å². The average Bonchev–Trinajstić information content (AvgIpc) is 3.64. The zero-order valence-corrected chi connectivity index (χ0v) is 33.6. The van der Waals surface area contributed by atoms with E-state index in [0.29, 0.717) is 33.8 Å². The molecule has 2 aliphatic carbocycles. The number of pyridine rings is 1. The Kier molecular flexibility index (Phi) is 11.0. The molecule has 2 aromatic carbocycles. The molecule has 3 saturated heterocycles. The standard InChI is InChI=1S/C42H48F5N5O4.C2H6/c1-2-28-31(43)8-7-25-18-27(53)19-29(33(25)28)35-34(44)36-30(22-48-35)37(51-14-5-11-41(54,23-51)42(45,46)47)50-38(49-36)56-24-40-9-3-6-32(40)52(15-4-10-40)26-20-39(21-26)12-16-55-17-13-39;1-2/h7-8,18-19,22,26,32,53-54H,2-6,9-17,20-21,23-24H2,1H3;1-2H3. The van der Waals surface area contributed by atoms with Crippen molar-refractivity contribution in [2.75, 3.05) is 44.4 Å². The fraction of sp³-hybridized carbons (Fsp3) is 0.614. The maximum absolute atomic E-state index is 17.1. The predicted octanol–water partition coefficient (Wildman–Crippen LogP) is 9.28. The summed E-state index contributed by atoms with van der Waals surface area (Å²) >= 11 is 0. The van der Waals surface area contributed by atoms with Gasteiger partial charge in [-0.1, -0.05) is 33.3 Å². The van der Waals surface area contributed by atoms with Gasteiger partial charge < -0.3 is 24.6 Å². The normalized spacial score (nSPS) is 26.4. The van der Waals surface area contributed by atoms with Gasteiger partial charge in [0.25, 0.3) is 0 Å². The molecule has 3 atom stereocenters. The largest absolute Gasteiger partial charge is 0.508 e. The number of rotatable bonds is 7. The molecule has 0 bridgehead atoms. The third-order valence-electron chi connectivity index (χ3n) is 13.9. The molecule has 14 heteroatoms. The minimum absolute atomic E-state index is 0.0163. The van der Waals surface area contributed by atoms with Crippen LogP contribution in [0.4, 0.5) is 27.8 Å². The number of aliphatic hydroxyl groups is 1. The molecule has 314 valence electrons. The Balaban J connectivity index is 0.00000231. The first kappa shape index (κ1) is 40.9. The number of nitrogens with zero attached hydrogens (tertiary/aromatic N) is 5. The van der Waals surface area contributed by atoms with Crippen molar-refractivity contribution in [2.24, 2.45) is 10.8 Å². The molecule has 1 spiro atoms. The van der Waals surface area contributed by atoms with E-state index in [1.54, 1.807) is 6.92 Å². The van der Waals surface area contributed by atoms with Gasteiger partial charge in [-0.15, -0.1) is 0 Å². The lowest BCUT2D eigenvalue weighted by molar-refractivity contribution is -0.261. The lowest BCUT2D eigenvalue weighted by Crippen LogP contribution is -2.61. The molecule has 5 heterocycles. The predicted molar refractivity (Wildman–Crippen MR) is 212 cm³/mol. The Morgan fingerprint density at radius 2 is 1.71 bits per heavy atom. The van der Waals surface area contributed by atoms with E-state index in [4.69, 9.17) is 9.47 Å². The van der Waals surface area contributed by atoms with E-state index in [0.717, 1.165) is 64.7 Å². The van der Waals surface area contributed by atoms with Crippen molar-refractivity contribution < 1.29 is 41.6 Å². The van der Waals surface area contributed by atoms with E-state index in [9.17, 15) is 23.4 Å². The van der Waals surface area contributed by atoms with Crippen LogP contribution in [0.2, 0.25) is 0 Å². The quantitative estimate of drug-likeness (QED) is 0.177. The number of phenolic OH excluding ortho intramolecular Hbond substituents is 1. The van der Waals surface area contributed by atoms with E-state index in [1.165, 1.54) is 48.2 Å². The van der Waals surface area contributed by atoms with Crippen LogP contribution in [0.15, 0.2) is 30.5 Å². The van der Waals surface area contributed by atoms with Crippen molar-refractivity contribution in [1.29, 1.82) is 0 Å². The Labute approximate surface area is 336 Å². The second-order valence-corrected chi connectivity index (χ2v) is 17.1. The van der Waals surface area contributed by atoms with Gasteiger partial charge in [0.2, 0.25) is 0 Å². The topological polar surface area (TPSA) is 104 Å². The van der Waals surface area contributed by atoms with Crippen LogP contribution >= 0.6 is 0 Å². The monoisotopic (exact) mass is 811 g/mol. The molecule has 0 radical (unpaired) electrons. The summed E-state index contributed by atoms with van der Waals surface area (Å²) in [6.45, 7) is 8.05. The first-order chi connectivity index (χ1) is 27.8. The SMILES string of the molecule is CC.CCc1c(F)ccc2cc(O)cc(-c3ncc4c(N5CCCC(O)(C(F)(F)F)C5)nc(OCC56CCCC5N(C5CC7(CCOCC7)C5)CCC6)nc4c3F)c12. The second-order valence-electron chi connectivity index (χ2n) is 17.1. The van der Waals surface area contributed by atoms with Gasteiger partial charge in [0.1, 0.15) is 28.6 Å². The molecule has 2 N–H and O–H groups in total. The molecular weight excluding hydrogens is 758 g/mol. The van der Waals surface area contributed by atoms with Crippen LogP contribution < -0.4 is 9.64 Å². The number of β-amino-alcohol motifs (C(OH)–C–C–N with tert-alkyl or cyclic N) is 1. The number of hydrogen-bond acceptors (Lipinski definition) is 9. The Morgan fingerprint density at radius 1 is 0.966 bits per heavy atom. The zero-order valence-electron chi connectivity index (χ0n) is 33.6. The summed E-state index contributed by atoms with van der Waals surface area (Å²) < 4.78 is 86.9. The molecule has 0 amide bonds. The number of likely N-dealkylation sites (tertiary alicyclic amines) is 1. The van der Waals surface area contributed by atoms with Crippen molar-refractivity contribution in [2.45, 2.75) is 122 Å². The molecule has 5 aliphatic rings. The average molecular weight is 812 g/mol. The maximum atomic E-state index is 17.1. The van der Waals surface area contributed by atoms with Crippen LogP contribution in [0, 0.1) is 22.5 Å². The summed E-state index contributed by atoms with van der Waals surface area (Å²) in [5.41, 5.74) is -2.76. The van der Waals surface area contributed by atoms with E-state index < -0.39 is 36.4 Å². The van der Waals surface area contributed by atoms with Gasteiger partial charge in [-0.05, 0) is 117 Å². The first-order valence-corrected chi connectivity index (χ1v) is 21.1. The van der Waals surface area contributed by atoms with E-state index >= 15 is 8.78 Å². The second kappa shape index (κ2) is 15.6. The number of hydrogen-bond donors (Lipinski definition) is 2. The number of phenols is 1. The highest BCUT2D eigenvalue weighted by Crippen LogP contribution is 2.56. The number of ether oxygens (including phenoxy) is 2. The summed E-state index contributed by atoms with van der Waals surface area (Å²) in [6, 6.07) is 6.25. The summed E-state index contributed by atoms with van der Waals surface area (Å²) in [6.07, 6.45) is 5.81. The molecule has 3 aliphatic heterocycles. The van der Waals surface area contributed by atoms with Crippen LogP contribution in [0.25, 0.3) is 32.9 Å². The van der Waals surface area contributed by atoms with Gasteiger partial charge in [-0.25, -0.2) is 8.78 Å². The summed E-state index contributed by atoms with van der Waals surface area (Å²) in [5.74, 6) is -1.59. The van der Waals surface area contributed by atoms with Gasteiger partial charge in [-0.3, -0.25) is 9.88 Å². The Hall–Kier alpha value is -3.88. The molecule has 5 fully saturated rings. The van der Waals surface area contributed by atoms with E-state index in [2.05, 4.69) is 19.9 Å². The number of piperidine rings is 2. The number of anilines is 1. The van der Waals surface area contributed by atoms with Gasteiger partial charge in [0, 0.05) is 49.0 Å². The molecular formula is C44H54F5N5O4. The van der Waals surface area contributed by atoms with Crippen molar-refractivity contribution in [1.82, 2.24) is 19.9 Å². The van der Waals surface area contributed by atoms with Gasteiger partial charge in [0.15, 0.2) is 11.4 Å². The van der Waals surface area contributed by atoms with Gasteiger partial charge in [0.05, 0.1) is 18.5 Å². The van der Waals surface area contributed by atoms with Gasteiger partial charge >= 0.3 is 12.2 Å². The minimum atomic E-state index is -4.90. The maximum Gasteiger partial charge on any atom is 0.418 e. The third kappa shape index (κ3) is 7.04. The summed E-state index contributed by atoms with van der Waals surface area (Å²) in [7, 11) is 0. The fourth-order valence-corrected chi connectivity index (χ4v) is 11.0. The summed E-state index contributed by atoms with van der Waals surface area (Å²) in [5, 5.41) is 22.4. The van der Waals surface area contributed by atoms with Crippen molar-refractivity contribution in [3.05, 3.63) is 47.7 Å². The van der Waals surface area contributed by atoms with Crippen molar-refractivity contribution in [3.8, 4) is 23.0 Å². The number of halogens is 5. The number of aromatic nitrogens is 3. The summed E-state index contributed by atoms with van der Waals surface area (Å²) in [4.78, 5) is 17.7. The fourth-order valence-electron chi connectivity index (χ4n) is 11.0.